The van der Waals surface area contributed by atoms with Gasteiger partial charge in [0.25, 0.3) is 10.1 Å². The summed E-state index contributed by atoms with van der Waals surface area (Å²) in [6.07, 6.45) is 1.47. The van der Waals surface area contributed by atoms with Gasteiger partial charge in [0.05, 0.1) is 14.7 Å². The Labute approximate surface area is 93.8 Å². The van der Waals surface area contributed by atoms with E-state index in [9.17, 15) is 8.42 Å². The van der Waals surface area contributed by atoms with E-state index in [0.29, 0.717) is 14.5 Å². The maximum atomic E-state index is 10.9. The molecule has 0 radical (unpaired) electrons. The fourth-order valence-electron chi connectivity index (χ4n) is 1.16. The predicted octanol–water partition coefficient (Wildman–Crippen LogP) is 2.28. The fourth-order valence-corrected chi connectivity index (χ4v) is 2.69. The molecule has 0 amide bonds. The maximum absolute atomic E-state index is 10.9. The van der Waals surface area contributed by atoms with Crippen molar-refractivity contribution in [1.29, 1.82) is 0 Å². The molecular weight excluding hydrogens is 319 g/mol. The Balaban J connectivity index is 2.83. The molecule has 1 aromatic heterocycles. The summed E-state index contributed by atoms with van der Waals surface area (Å²) in [7, 11) is -4.14. The summed E-state index contributed by atoms with van der Waals surface area (Å²) in [5.41, 5.74) is 0.623. The van der Waals surface area contributed by atoms with E-state index in [1.807, 2.05) is 22.6 Å². The molecule has 0 atom stereocenters. The number of halogens is 1. The third-order valence-corrected chi connectivity index (χ3v) is 3.41. The second-order valence-corrected chi connectivity index (χ2v) is 5.30. The summed E-state index contributed by atoms with van der Waals surface area (Å²) >= 11 is 1.95. The number of hydrogen-bond donors (Lipinski definition) is 1. The molecule has 74 valence electrons. The van der Waals surface area contributed by atoms with E-state index in [4.69, 9.17) is 8.97 Å². The second kappa shape index (κ2) is 3.21. The molecule has 0 fully saturated rings. The molecule has 0 saturated carbocycles. The molecule has 1 aromatic carbocycles. The number of rotatable bonds is 1. The van der Waals surface area contributed by atoms with Crippen molar-refractivity contribution in [3.05, 3.63) is 28.0 Å². The Morgan fingerprint density at radius 2 is 2.07 bits per heavy atom. The van der Waals surface area contributed by atoms with Crippen LogP contribution in [0.1, 0.15) is 0 Å². The van der Waals surface area contributed by atoms with Gasteiger partial charge in [-0.05, 0) is 40.8 Å². The van der Waals surface area contributed by atoms with Crippen molar-refractivity contribution in [2.75, 3.05) is 0 Å². The maximum Gasteiger partial charge on any atom is 0.294 e. The lowest BCUT2D eigenvalue weighted by Crippen LogP contribution is -1.98. The normalized spacial score (nSPS) is 12.1. The summed E-state index contributed by atoms with van der Waals surface area (Å²) in [6.45, 7) is 0. The van der Waals surface area contributed by atoms with Crippen LogP contribution in [0.3, 0.4) is 0 Å². The largest absolute Gasteiger partial charge is 0.463 e. The van der Waals surface area contributed by atoms with Gasteiger partial charge in [-0.15, -0.1) is 0 Å². The van der Waals surface area contributed by atoms with E-state index in [1.54, 1.807) is 6.07 Å². The van der Waals surface area contributed by atoms with E-state index < -0.39 is 10.1 Å². The molecule has 0 spiro atoms. The van der Waals surface area contributed by atoms with Gasteiger partial charge in [0.2, 0.25) is 0 Å². The van der Waals surface area contributed by atoms with E-state index in [2.05, 4.69) is 0 Å². The van der Waals surface area contributed by atoms with E-state index in [1.165, 1.54) is 18.4 Å². The highest BCUT2D eigenvalue weighted by molar-refractivity contribution is 14.1. The van der Waals surface area contributed by atoms with Gasteiger partial charge >= 0.3 is 0 Å². The lowest BCUT2D eigenvalue weighted by Gasteiger charge is -1.98. The number of hydrogen-bond acceptors (Lipinski definition) is 3. The van der Waals surface area contributed by atoms with Gasteiger partial charge in [-0.2, -0.15) is 8.42 Å². The monoisotopic (exact) mass is 324 g/mol. The fraction of sp³-hybridized carbons (Fsp3) is 0. The zero-order chi connectivity index (χ0) is 10.3. The van der Waals surface area contributed by atoms with Gasteiger partial charge in [0.15, 0.2) is 0 Å². The highest BCUT2D eigenvalue weighted by Gasteiger charge is 2.13. The molecule has 2 rings (SSSR count). The standard InChI is InChI=1S/C8H5IO4S/c9-7-4-6(14(10,11)12)3-5-1-2-13-8(5)7/h1-4H,(H,10,11,12). The first-order valence-electron chi connectivity index (χ1n) is 3.63. The van der Waals surface area contributed by atoms with Crippen molar-refractivity contribution in [2.45, 2.75) is 4.90 Å². The Kier molecular flexibility index (Phi) is 2.28. The zero-order valence-electron chi connectivity index (χ0n) is 6.77. The molecule has 1 heterocycles. The van der Waals surface area contributed by atoms with Crippen molar-refractivity contribution < 1.29 is 17.4 Å². The summed E-state index contributed by atoms with van der Waals surface area (Å²) in [6, 6.07) is 4.38. The highest BCUT2D eigenvalue weighted by atomic mass is 127. The van der Waals surface area contributed by atoms with Crippen LogP contribution in [0.5, 0.6) is 0 Å². The Hall–Kier alpha value is -0.600. The van der Waals surface area contributed by atoms with Gasteiger partial charge in [-0.25, -0.2) is 0 Å². The van der Waals surface area contributed by atoms with Crippen molar-refractivity contribution in [3.8, 4) is 0 Å². The van der Waals surface area contributed by atoms with Crippen LogP contribution >= 0.6 is 22.6 Å². The predicted molar refractivity (Wildman–Crippen MR) is 58.7 cm³/mol. The van der Waals surface area contributed by atoms with Crippen LogP contribution in [0, 0.1) is 3.57 Å². The Bertz CT molecular complexity index is 584. The van der Waals surface area contributed by atoms with Crippen molar-refractivity contribution in [3.63, 3.8) is 0 Å². The van der Waals surface area contributed by atoms with Crippen LogP contribution in [0.2, 0.25) is 0 Å². The van der Waals surface area contributed by atoms with Gasteiger partial charge in [0.1, 0.15) is 5.58 Å². The minimum Gasteiger partial charge on any atom is -0.463 e. The SMILES string of the molecule is O=S(=O)(O)c1cc(I)c2occc2c1. The van der Waals surface area contributed by atoms with E-state index in [0.717, 1.165) is 0 Å². The summed E-state index contributed by atoms with van der Waals surface area (Å²) in [5, 5.41) is 0.657. The molecule has 0 aliphatic carbocycles. The number of furan rings is 1. The molecule has 2 aromatic rings. The van der Waals surface area contributed by atoms with Crippen LogP contribution in [-0.2, 0) is 10.1 Å². The summed E-state index contributed by atoms with van der Waals surface area (Å²) < 4.78 is 36.4. The minimum atomic E-state index is -4.14. The number of benzene rings is 1. The van der Waals surface area contributed by atoms with E-state index >= 15 is 0 Å². The van der Waals surface area contributed by atoms with Gasteiger partial charge in [-0.3, -0.25) is 4.55 Å². The molecule has 0 bridgehead atoms. The van der Waals surface area contributed by atoms with Gasteiger partial charge in [0, 0.05) is 5.39 Å². The Morgan fingerprint density at radius 1 is 1.36 bits per heavy atom. The molecule has 14 heavy (non-hydrogen) atoms. The highest BCUT2D eigenvalue weighted by Crippen LogP contribution is 2.25. The zero-order valence-corrected chi connectivity index (χ0v) is 9.74. The lowest BCUT2D eigenvalue weighted by atomic mass is 10.3. The minimum absolute atomic E-state index is 0.115. The molecule has 0 unspecified atom stereocenters. The quantitative estimate of drug-likeness (QED) is 0.645. The van der Waals surface area contributed by atoms with Gasteiger partial charge in [-0.1, -0.05) is 0 Å². The first kappa shape index (κ1) is 9.94. The van der Waals surface area contributed by atoms with Crippen LogP contribution < -0.4 is 0 Å². The average Bonchev–Trinajstić information content (AvgIpc) is 2.50. The molecule has 0 aliphatic rings. The van der Waals surface area contributed by atoms with E-state index in [-0.39, 0.29) is 4.90 Å². The van der Waals surface area contributed by atoms with Crippen LogP contribution in [-0.4, -0.2) is 13.0 Å². The van der Waals surface area contributed by atoms with Crippen LogP contribution in [0.4, 0.5) is 0 Å². The Morgan fingerprint density at radius 3 is 2.71 bits per heavy atom. The molecule has 4 nitrogen and oxygen atoms in total. The molecule has 1 N–H and O–H groups in total. The molecular formula is C8H5IO4S. The third-order valence-electron chi connectivity index (χ3n) is 1.78. The second-order valence-electron chi connectivity index (χ2n) is 2.72. The van der Waals surface area contributed by atoms with Crippen molar-refractivity contribution in [2.24, 2.45) is 0 Å². The first-order chi connectivity index (χ1) is 6.48. The van der Waals surface area contributed by atoms with Crippen LogP contribution in [0.25, 0.3) is 11.0 Å². The molecule has 0 aliphatic heterocycles. The smallest absolute Gasteiger partial charge is 0.294 e. The van der Waals surface area contributed by atoms with Crippen molar-refractivity contribution in [1.82, 2.24) is 0 Å². The summed E-state index contributed by atoms with van der Waals surface area (Å²) in [5.74, 6) is 0. The topological polar surface area (TPSA) is 67.5 Å². The lowest BCUT2D eigenvalue weighted by molar-refractivity contribution is 0.483. The van der Waals surface area contributed by atoms with Gasteiger partial charge < -0.3 is 4.42 Å². The summed E-state index contributed by atoms with van der Waals surface area (Å²) in [4.78, 5) is -0.115. The third kappa shape index (κ3) is 1.64. The molecule has 0 saturated heterocycles. The first-order valence-corrected chi connectivity index (χ1v) is 6.14. The average molecular weight is 324 g/mol. The number of fused-ring (bicyclic) bond motifs is 1. The van der Waals surface area contributed by atoms with Crippen molar-refractivity contribution >= 4 is 43.7 Å². The van der Waals surface area contributed by atoms with Crippen LogP contribution in [0.15, 0.2) is 33.8 Å². The molecule has 6 heteroatoms.